The van der Waals surface area contributed by atoms with E-state index in [-0.39, 0.29) is 4.90 Å². The SMILES string of the molecule is Cc1cnccc1NS(=O)(=O)c1cccc(F)c1N. The Morgan fingerprint density at radius 2 is 2.05 bits per heavy atom. The highest BCUT2D eigenvalue weighted by atomic mass is 32.2. The molecule has 0 aliphatic rings. The van der Waals surface area contributed by atoms with Crippen molar-refractivity contribution in [3.63, 3.8) is 0 Å². The Labute approximate surface area is 110 Å². The molecule has 1 aromatic heterocycles. The molecule has 1 aromatic carbocycles. The van der Waals surface area contributed by atoms with Crippen LogP contribution in [0, 0.1) is 12.7 Å². The minimum atomic E-state index is -3.93. The summed E-state index contributed by atoms with van der Waals surface area (Å²) in [6.45, 7) is 1.71. The van der Waals surface area contributed by atoms with Crippen LogP contribution < -0.4 is 10.5 Å². The van der Waals surface area contributed by atoms with Gasteiger partial charge in [-0.2, -0.15) is 0 Å². The zero-order chi connectivity index (χ0) is 14.0. The Morgan fingerprint density at radius 1 is 1.32 bits per heavy atom. The third-order valence-corrected chi connectivity index (χ3v) is 3.99. The summed E-state index contributed by atoms with van der Waals surface area (Å²) in [7, 11) is -3.93. The van der Waals surface area contributed by atoms with Crippen molar-refractivity contribution in [1.29, 1.82) is 0 Å². The molecule has 0 aliphatic carbocycles. The fourth-order valence-electron chi connectivity index (χ4n) is 1.54. The van der Waals surface area contributed by atoms with Gasteiger partial charge in [0.05, 0.1) is 11.4 Å². The van der Waals surface area contributed by atoms with Gasteiger partial charge in [0.2, 0.25) is 0 Å². The molecule has 2 aromatic rings. The van der Waals surface area contributed by atoms with E-state index in [1.165, 1.54) is 30.6 Å². The number of anilines is 2. The van der Waals surface area contributed by atoms with E-state index in [0.29, 0.717) is 11.3 Å². The number of aromatic nitrogens is 1. The van der Waals surface area contributed by atoms with E-state index in [1.807, 2.05) is 0 Å². The number of hydrogen-bond acceptors (Lipinski definition) is 4. The van der Waals surface area contributed by atoms with Gasteiger partial charge in [-0.1, -0.05) is 6.07 Å². The number of nitrogen functional groups attached to an aromatic ring is 1. The van der Waals surface area contributed by atoms with Crippen molar-refractivity contribution in [2.24, 2.45) is 0 Å². The normalized spacial score (nSPS) is 11.3. The van der Waals surface area contributed by atoms with Crippen LogP contribution in [-0.2, 0) is 10.0 Å². The lowest BCUT2D eigenvalue weighted by Crippen LogP contribution is -2.16. The van der Waals surface area contributed by atoms with E-state index in [0.717, 1.165) is 6.07 Å². The largest absolute Gasteiger partial charge is 0.395 e. The molecule has 7 heteroatoms. The van der Waals surface area contributed by atoms with Gasteiger partial charge in [-0.05, 0) is 30.7 Å². The maximum Gasteiger partial charge on any atom is 0.264 e. The number of pyridine rings is 1. The Balaban J connectivity index is 2.44. The van der Waals surface area contributed by atoms with Gasteiger partial charge in [-0.25, -0.2) is 12.8 Å². The molecule has 0 radical (unpaired) electrons. The predicted octanol–water partition coefficient (Wildman–Crippen LogP) is 1.91. The Hall–Kier alpha value is -2.15. The smallest absolute Gasteiger partial charge is 0.264 e. The lowest BCUT2D eigenvalue weighted by Gasteiger charge is -2.11. The van der Waals surface area contributed by atoms with Crippen LogP contribution >= 0.6 is 0 Å². The van der Waals surface area contributed by atoms with E-state index in [9.17, 15) is 12.8 Å². The summed E-state index contributed by atoms with van der Waals surface area (Å²) in [5.74, 6) is -0.769. The van der Waals surface area contributed by atoms with Gasteiger partial charge < -0.3 is 5.73 Å². The van der Waals surface area contributed by atoms with Gasteiger partial charge >= 0.3 is 0 Å². The number of hydrogen-bond donors (Lipinski definition) is 2. The standard InChI is InChI=1S/C12H12FN3O2S/c1-8-7-15-6-5-10(8)16-19(17,18)11-4-2-3-9(13)12(11)14/h2-7H,14H2,1H3,(H,15,16). The van der Waals surface area contributed by atoms with E-state index in [2.05, 4.69) is 9.71 Å². The molecule has 1 heterocycles. The number of nitrogens with two attached hydrogens (primary N) is 1. The summed E-state index contributed by atoms with van der Waals surface area (Å²) in [6, 6.07) is 5.16. The molecule has 0 aliphatic heterocycles. The third kappa shape index (κ3) is 2.65. The Kier molecular flexibility index (Phi) is 3.39. The van der Waals surface area contributed by atoms with Crippen molar-refractivity contribution >= 4 is 21.4 Å². The highest BCUT2D eigenvalue weighted by Crippen LogP contribution is 2.24. The number of para-hydroxylation sites is 1. The molecule has 0 fully saturated rings. The summed E-state index contributed by atoms with van der Waals surface area (Å²) in [5, 5.41) is 0. The van der Waals surface area contributed by atoms with Gasteiger partial charge in [-0.3, -0.25) is 9.71 Å². The van der Waals surface area contributed by atoms with Gasteiger partial charge in [0.1, 0.15) is 10.7 Å². The van der Waals surface area contributed by atoms with Crippen molar-refractivity contribution in [3.05, 3.63) is 48.0 Å². The molecule has 3 N–H and O–H groups in total. The summed E-state index contributed by atoms with van der Waals surface area (Å²) in [6.07, 6.45) is 2.98. The number of halogens is 1. The number of rotatable bonds is 3. The van der Waals surface area contributed by atoms with Crippen LogP contribution in [0.1, 0.15) is 5.56 Å². The third-order valence-electron chi connectivity index (χ3n) is 2.57. The first-order chi connectivity index (χ1) is 8.92. The van der Waals surface area contributed by atoms with Crippen LogP contribution in [0.15, 0.2) is 41.6 Å². The molecule has 19 heavy (non-hydrogen) atoms. The van der Waals surface area contributed by atoms with E-state index >= 15 is 0 Å². The minimum absolute atomic E-state index is 0.288. The second-order valence-electron chi connectivity index (χ2n) is 3.95. The van der Waals surface area contributed by atoms with Gasteiger partial charge in [0.25, 0.3) is 10.0 Å². The number of aryl methyl sites for hydroxylation is 1. The fourth-order valence-corrected chi connectivity index (χ4v) is 2.81. The van der Waals surface area contributed by atoms with Crippen LogP contribution in [-0.4, -0.2) is 13.4 Å². The van der Waals surface area contributed by atoms with E-state index < -0.39 is 21.5 Å². The predicted molar refractivity (Wildman–Crippen MR) is 70.6 cm³/mol. The lowest BCUT2D eigenvalue weighted by molar-refractivity contribution is 0.597. The minimum Gasteiger partial charge on any atom is -0.395 e. The Morgan fingerprint density at radius 3 is 2.74 bits per heavy atom. The van der Waals surface area contributed by atoms with Crippen LogP contribution in [0.3, 0.4) is 0 Å². The molecule has 2 rings (SSSR count). The van der Waals surface area contributed by atoms with Crippen molar-refractivity contribution in [2.75, 3.05) is 10.5 Å². The number of nitrogens with one attached hydrogen (secondary N) is 1. The average molecular weight is 281 g/mol. The highest BCUT2D eigenvalue weighted by molar-refractivity contribution is 7.92. The molecule has 0 saturated carbocycles. The van der Waals surface area contributed by atoms with Gasteiger partial charge in [0, 0.05) is 12.4 Å². The van der Waals surface area contributed by atoms with Crippen LogP contribution in [0.2, 0.25) is 0 Å². The second kappa shape index (κ2) is 4.85. The number of sulfonamides is 1. The lowest BCUT2D eigenvalue weighted by atomic mass is 10.3. The van der Waals surface area contributed by atoms with Gasteiger partial charge in [0.15, 0.2) is 0 Å². The zero-order valence-corrected chi connectivity index (χ0v) is 10.9. The first-order valence-electron chi connectivity index (χ1n) is 5.39. The van der Waals surface area contributed by atoms with Crippen LogP contribution in [0.25, 0.3) is 0 Å². The quantitative estimate of drug-likeness (QED) is 0.842. The molecule has 0 saturated heterocycles. The molecule has 0 bridgehead atoms. The zero-order valence-electron chi connectivity index (χ0n) is 10.1. The molecule has 0 amide bonds. The van der Waals surface area contributed by atoms with Crippen LogP contribution in [0.5, 0.6) is 0 Å². The summed E-state index contributed by atoms with van der Waals surface area (Å²) < 4.78 is 40.0. The van der Waals surface area contributed by atoms with Crippen LogP contribution in [0.4, 0.5) is 15.8 Å². The highest BCUT2D eigenvalue weighted by Gasteiger charge is 2.20. The Bertz CT molecular complexity index is 717. The molecule has 0 atom stereocenters. The average Bonchev–Trinajstić information content (AvgIpc) is 2.35. The molecule has 0 spiro atoms. The summed E-state index contributed by atoms with van der Waals surface area (Å²) in [5.41, 5.74) is 6.08. The monoisotopic (exact) mass is 281 g/mol. The maximum absolute atomic E-state index is 13.3. The number of nitrogens with zero attached hydrogens (tertiary/aromatic N) is 1. The number of benzene rings is 1. The van der Waals surface area contributed by atoms with E-state index in [1.54, 1.807) is 6.92 Å². The molecule has 100 valence electrons. The molecule has 0 unspecified atom stereocenters. The maximum atomic E-state index is 13.3. The first kappa shape index (κ1) is 13.3. The van der Waals surface area contributed by atoms with Gasteiger partial charge in [-0.15, -0.1) is 0 Å². The van der Waals surface area contributed by atoms with Crippen molar-refractivity contribution in [3.8, 4) is 0 Å². The van der Waals surface area contributed by atoms with E-state index in [4.69, 9.17) is 5.73 Å². The molecular formula is C12H12FN3O2S. The van der Waals surface area contributed by atoms with Crippen molar-refractivity contribution < 1.29 is 12.8 Å². The molecular weight excluding hydrogens is 269 g/mol. The topological polar surface area (TPSA) is 85.1 Å². The second-order valence-corrected chi connectivity index (χ2v) is 5.60. The van der Waals surface area contributed by atoms with Crippen molar-refractivity contribution in [1.82, 2.24) is 4.98 Å². The summed E-state index contributed by atoms with van der Waals surface area (Å²) in [4.78, 5) is 3.57. The van der Waals surface area contributed by atoms with Crippen molar-refractivity contribution in [2.45, 2.75) is 11.8 Å². The summed E-state index contributed by atoms with van der Waals surface area (Å²) >= 11 is 0. The first-order valence-corrected chi connectivity index (χ1v) is 6.87. The molecule has 5 nitrogen and oxygen atoms in total. The fraction of sp³-hybridized carbons (Fsp3) is 0.0833.